The molecule has 212 valence electrons. The largest absolute Gasteiger partial charge is 0.357 e. The van der Waals surface area contributed by atoms with E-state index in [-0.39, 0.29) is 34.5 Å². The van der Waals surface area contributed by atoms with Crippen LogP contribution in [0, 0.1) is 23.2 Å². The van der Waals surface area contributed by atoms with E-state index in [1.54, 1.807) is 78.0 Å². The highest BCUT2D eigenvalue weighted by Crippen LogP contribution is 2.53. The van der Waals surface area contributed by atoms with Gasteiger partial charge in [0.15, 0.2) is 5.78 Å². The van der Waals surface area contributed by atoms with Gasteiger partial charge in [-0.05, 0) is 60.5 Å². The van der Waals surface area contributed by atoms with E-state index >= 15 is 0 Å². The SMILES string of the molecule is C=CCC1(Cc2ccncc2)N/C(=C\C(=O)c2ccc(C#N)cc2)N(C2C3CN(S(=O)(=O)c4ccccc4)CC32)C1=O. The molecule has 2 aliphatic heterocycles. The number of sulfonamides is 1. The van der Waals surface area contributed by atoms with Gasteiger partial charge in [-0.15, -0.1) is 6.58 Å². The first-order valence-electron chi connectivity index (χ1n) is 13.7. The van der Waals surface area contributed by atoms with Gasteiger partial charge in [-0.25, -0.2) is 8.42 Å². The zero-order valence-corrected chi connectivity index (χ0v) is 23.6. The summed E-state index contributed by atoms with van der Waals surface area (Å²) in [6.07, 6.45) is 7.15. The number of nitrogens with zero attached hydrogens (tertiary/aromatic N) is 4. The number of allylic oxidation sites excluding steroid dienone is 1. The maximum absolute atomic E-state index is 14.3. The lowest BCUT2D eigenvalue weighted by Crippen LogP contribution is -2.49. The first-order chi connectivity index (χ1) is 20.3. The van der Waals surface area contributed by atoms with Crippen molar-refractivity contribution in [1.29, 1.82) is 5.26 Å². The Morgan fingerprint density at radius 3 is 2.36 bits per heavy atom. The van der Waals surface area contributed by atoms with E-state index in [9.17, 15) is 18.0 Å². The quantitative estimate of drug-likeness (QED) is 0.234. The molecule has 42 heavy (non-hydrogen) atoms. The molecule has 3 aromatic rings. The van der Waals surface area contributed by atoms with Gasteiger partial charge >= 0.3 is 0 Å². The van der Waals surface area contributed by atoms with Crippen LogP contribution in [0.3, 0.4) is 0 Å². The average Bonchev–Trinajstić information content (AvgIpc) is 3.34. The topological polar surface area (TPSA) is 123 Å². The smallest absolute Gasteiger partial charge is 0.254 e. The molecule has 3 heterocycles. The van der Waals surface area contributed by atoms with Crippen LogP contribution in [0.25, 0.3) is 0 Å². The van der Waals surface area contributed by atoms with Gasteiger partial charge in [-0.3, -0.25) is 19.5 Å². The van der Waals surface area contributed by atoms with Crippen LogP contribution < -0.4 is 5.32 Å². The van der Waals surface area contributed by atoms with Crippen LogP contribution in [-0.4, -0.2) is 59.0 Å². The van der Waals surface area contributed by atoms with Gasteiger partial charge < -0.3 is 5.32 Å². The number of nitriles is 1. The summed E-state index contributed by atoms with van der Waals surface area (Å²) in [5.41, 5.74) is 0.677. The molecule has 1 saturated carbocycles. The van der Waals surface area contributed by atoms with Crippen molar-refractivity contribution < 1.29 is 18.0 Å². The molecule has 3 aliphatic rings. The predicted molar refractivity (Wildman–Crippen MR) is 155 cm³/mol. The molecule has 9 nitrogen and oxygen atoms in total. The molecule has 0 bridgehead atoms. The first-order valence-corrected chi connectivity index (χ1v) is 15.1. The number of carbonyl (C=O) groups is 2. The molecular formula is C32H29N5O4S. The van der Waals surface area contributed by atoms with E-state index in [0.717, 1.165) is 5.56 Å². The van der Waals surface area contributed by atoms with Gasteiger partial charge in [-0.1, -0.05) is 24.3 Å². The van der Waals surface area contributed by atoms with Crippen molar-refractivity contribution in [2.24, 2.45) is 11.8 Å². The van der Waals surface area contributed by atoms with Crippen molar-refractivity contribution in [3.8, 4) is 6.07 Å². The minimum absolute atomic E-state index is 0.0527. The standard InChI is InChI=1S/C32H29N5O4S/c1-2-14-32(18-22-12-15-34-16-13-22)31(39)37(29(35-32)17-28(38)24-10-8-23(19-33)9-11-24)30-26-20-36(21-27(26)30)42(40,41)25-6-4-3-5-7-25/h2-13,15-17,26-27,30,35H,1,14,18,20-21H2/b29-17+. The summed E-state index contributed by atoms with van der Waals surface area (Å²) in [4.78, 5) is 33.7. The number of nitrogens with one attached hydrogen (secondary N) is 1. The fraction of sp³-hybridized carbons (Fsp3) is 0.250. The van der Waals surface area contributed by atoms with E-state index in [1.807, 2.05) is 18.2 Å². The van der Waals surface area contributed by atoms with Crippen LogP contribution in [-0.2, 0) is 21.2 Å². The number of pyridine rings is 1. The fourth-order valence-electron chi connectivity index (χ4n) is 6.22. The lowest BCUT2D eigenvalue weighted by molar-refractivity contribution is -0.132. The van der Waals surface area contributed by atoms with E-state index in [4.69, 9.17) is 5.26 Å². The highest BCUT2D eigenvalue weighted by molar-refractivity contribution is 7.89. The van der Waals surface area contributed by atoms with E-state index in [2.05, 4.69) is 16.9 Å². The molecule has 2 saturated heterocycles. The van der Waals surface area contributed by atoms with E-state index in [0.29, 0.717) is 42.9 Å². The monoisotopic (exact) mass is 579 g/mol. The summed E-state index contributed by atoms with van der Waals surface area (Å²) in [5, 5.41) is 12.5. The molecule has 3 unspecified atom stereocenters. The number of aromatic nitrogens is 1. The third-order valence-corrected chi connectivity index (χ3v) is 10.2. The lowest BCUT2D eigenvalue weighted by atomic mass is 9.87. The third-order valence-electron chi connectivity index (χ3n) is 8.36. The Balaban J connectivity index is 1.31. The fourth-order valence-corrected chi connectivity index (χ4v) is 7.76. The molecule has 1 N–H and O–H groups in total. The molecule has 0 spiro atoms. The van der Waals surface area contributed by atoms with Crippen molar-refractivity contribution in [1.82, 2.24) is 19.5 Å². The predicted octanol–water partition coefficient (Wildman–Crippen LogP) is 3.29. The molecule has 2 aromatic carbocycles. The number of hydrogen-bond donors (Lipinski definition) is 1. The van der Waals surface area contributed by atoms with Crippen LogP contribution in [0.2, 0.25) is 0 Å². The zero-order chi connectivity index (χ0) is 29.5. The number of hydrogen-bond acceptors (Lipinski definition) is 7. The van der Waals surface area contributed by atoms with Crippen LogP contribution >= 0.6 is 0 Å². The Hall–Kier alpha value is -4.59. The summed E-state index contributed by atoms with van der Waals surface area (Å²) < 4.78 is 28.0. The molecule has 1 aliphatic carbocycles. The van der Waals surface area contributed by atoms with Gasteiger partial charge in [0.1, 0.15) is 11.4 Å². The van der Waals surface area contributed by atoms with Crippen molar-refractivity contribution in [3.05, 3.63) is 120 Å². The van der Waals surface area contributed by atoms with Crippen LogP contribution in [0.1, 0.15) is 27.9 Å². The molecule has 1 amide bonds. The van der Waals surface area contributed by atoms with Gasteiger partial charge in [-0.2, -0.15) is 9.57 Å². The summed E-state index contributed by atoms with van der Waals surface area (Å²) in [7, 11) is -3.64. The van der Waals surface area contributed by atoms with Gasteiger partial charge in [0.05, 0.1) is 16.5 Å². The Kier molecular flexibility index (Phi) is 7.01. The van der Waals surface area contributed by atoms with Gasteiger partial charge in [0.25, 0.3) is 5.91 Å². The Bertz CT molecular complexity index is 1710. The molecule has 0 radical (unpaired) electrons. The van der Waals surface area contributed by atoms with Crippen molar-refractivity contribution in [2.45, 2.75) is 29.3 Å². The zero-order valence-electron chi connectivity index (χ0n) is 22.8. The van der Waals surface area contributed by atoms with E-state index < -0.39 is 15.6 Å². The number of amides is 1. The molecular weight excluding hydrogens is 550 g/mol. The van der Waals surface area contributed by atoms with Gasteiger partial charge in [0, 0.05) is 61.4 Å². The van der Waals surface area contributed by atoms with Gasteiger partial charge in [0.2, 0.25) is 10.0 Å². The minimum Gasteiger partial charge on any atom is -0.357 e. The van der Waals surface area contributed by atoms with Crippen LogP contribution in [0.5, 0.6) is 0 Å². The second-order valence-electron chi connectivity index (χ2n) is 10.9. The summed E-state index contributed by atoms with van der Waals surface area (Å²) >= 11 is 0. The number of rotatable bonds is 9. The summed E-state index contributed by atoms with van der Waals surface area (Å²) in [5.74, 6) is -0.194. The number of carbonyl (C=O) groups excluding carboxylic acids is 2. The molecule has 3 fully saturated rings. The average molecular weight is 580 g/mol. The summed E-state index contributed by atoms with van der Waals surface area (Å²) in [6, 6.07) is 20.2. The Morgan fingerprint density at radius 1 is 1.07 bits per heavy atom. The number of ketones is 1. The van der Waals surface area contributed by atoms with Crippen molar-refractivity contribution in [3.63, 3.8) is 0 Å². The van der Waals surface area contributed by atoms with E-state index in [1.165, 1.54) is 10.4 Å². The Morgan fingerprint density at radius 2 is 1.74 bits per heavy atom. The molecule has 1 aromatic heterocycles. The second-order valence-corrected chi connectivity index (χ2v) is 12.9. The number of benzene rings is 2. The first kappa shape index (κ1) is 27.6. The lowest BCUT2D eigenvalue weighted by Gasteiger charge is -2.27. The maximum Gasteiger partial charge on any atom is 0.254 e. The second kappa shape index (κ2) is 10.7. The molecule has 6 rings (SSSR count). The van der Waals surface area contributed by atoms with Crippen LogP contribution in [0.15, 0.2) is 109 Å². The van der Waals surface area contributed by atoms with Crippen molar-refractivity contribution >= 4 is 21.7 Å². The number of piperidine rings is 1. The molecule has 10 heteroatoms. The summed E-state index contributed by atoms with van der Waals surface area (Å²) in [6.45, 7) is 4.49. The number of fused-ring (bicyclic) bond motifs is 1. The van der Waals surface area contributed by atoms with Crippen molar-refractivity contribution in [2.75, 3.05) is 13.1 Å². The molecule has 3 atom stereocenters. The minimum atomic E-state index is -3.64. The Labute approximate surface area is 244 Å². The maximum atomic E-state index is 14.3. The normalized spacial score (nSPS) is 26.0. The van der Waals surface area contributed by atoms with Crippen LogP contribution in [0.4, 0.5) is 0 Å². The highest BCUT2D eigenvalue weighted by Gasteiger charge is 2.65. The highest BCUT2D eigenvalue weighted by atomic mass is 32.2. The third kappa shape index (κ3) is 4.81.